The van der Waals surface area contributed by atoms with Crippen LogP contribution < -0.4 is 5.56 Å². The van der Waals surface area contributed by atoms with Crippen LogP contribution in [-0.4, -0.2) is 15.0 Å². The van der Waals surface area contributed by atoms with E-state index in [9.17, 15) is 4.79 Å². The van der Waals surface area contributed by atoms with E-state index in [1.165, 1.54) is 0 Å². The molecule has 0 unspecified atom stereocenters. The molecule has 21 heavy (non-hydrogen) atoms. The van der Waals surface area contributed by atoms with Gasteiger partial charge in [0, 0.05) is 29.1 Å². The van der Waals surface area contributed by atoms with E-state index in [0.717, 1.165) is 29.2 Å². The van der Waals surface area contributed by atoms with E-state index in [4.69, 9.17) is 0 Å². The SMILES string of the molecule is Cc1ncc(C(C)(C)Cc2cc(C(C)(C)C)cc(=O)[nH]2)[nH]1. The maximum atomic E-state index is 11.9. The van der Waals surface area contributed by atoms with E-state index >= 15 is 0 Å². The Hall–Kier alpha value is -1.84. The van der Waals surface area contributed by atoms with Crippen LogP contribution in [0.1, 0.15) is 57.4 Å². The second kappa shape index (κ2) is 5.17. The number of hydrogen-bond donors (Lipinski definition) is 2. The number of aryl methyl sites for hydroxylation is 1. The van der Waals surface area contributed by atoms with Gasteiger partial charge >= 0.3 is 0 Å². The Labute approximate surface area is 126 Å². The van der Waals surface area contributed by atoms with E-state index in [2.05, 4.69) is 55.6 Å². The van der Waals surface area contributed by atoms with E-state index in [-0.39, 0.29) is 16.4 Å². The molecule has 0 saturated carbocycles. The molecule has 0 radical (unpaired) electrons. The first-order chi connectivity index (χ1) is 9.58. The molecular weight excluding hydrogens is 262 g/mol. The highest BCUT2D eigenvalue weighted by Crippen LogP contribution is 2.27. The molecule has 4 nitrogen and oxygen atoms in total. The predicted molar refractivity (Wildman–Crippen MR) is 85.8 cm³/mol. The average molecular weight is 287 g/mol. The molecule has 0 aromatic carbocycles. The third kappa shape index (κ3) is 3.63. The molecule has 0 aliphatic carbocycles. The van der Waals surface area contributed by atoms with Gasteiger partial charge in [0.2, 0.25) is 5.56 Å². The van der Waals surface area contributed by atoms with Crippen molar-refractivity contribution in [3.8, 4) is 0 Å². The van der Waals surface area contributed by atoms with Gasteiger partial charge in [0.05, 0.1) is 0 Å². The molecule has 4 heteroatoms. The number of H-pyrrole nitrogens is 2. The van der Waals surface area contributed by atoms with Gasteiger partial charge in [0.25, 0.3) is 0 Å². The van der Waals surface area contributed by atoms with Gasteiger partial charge in [-0.1, -0.05) is 34.6 Å². The van der Waals surface area contributed by atoms with E-state index < -0.39 is 0 Å². The average Bonchev–Trinajstić information content (AvgIpc) is 2.74. The summed E-state index contributed by atoms with van der Waals surface area (Å²) < 4.78 is 0. The summed E-state index contributed by atoms with van der Waals surface area (Å²) in [4.78, 5) is 22.4. The second-order valence-electron chi connectivity index (χ2n) is 7.45. The smallest absolute Gasteiger partial charge is 0.248 e. The summed E-state index contributed by atoms with van der Waals surface area (Å²) in [5, 5.41) is 0. The van der Waals surface area contributed by atoms with Crippen LogP contribution in [0.2, 0.25) is 0 Å². The maximum absolute atomic E-state index is 11.9. The molecule has 0 aliphatic heterocycles. The molecule has 2 N–H and O–H groups in total. The first-order valence-electron chi connectivity index (χ1n) is 7.34. The van der Waals surface area contributed by atoms with Gasteiger partial charge in [0.15, 0.2) is 0 Å². The minimum atomic E-state index is -0.110. The molecule has 2 heterocycles. The van der Waals surface area contributed by atoms with Crippen molar-refractivity contribution in [3.05, 3.63) is 51.5 Å². The van der Waals surface area contributed by atoms with Gasteiger partial charge < -0.3 is 9.97 Å². The lowest BCUT2D eigenvalue weighted by molar-refractivity contribution is 0.498. The molecular formula is C17H25N3O. The van der Waals surface area contributed by atoms with Crippen LogP contribution in [0, 0.1) is 6.92 Å². The number of aromatic amines is 2. The van der Waals surface area contributed by atoms with Gasteiger partial charge in [-0.25, -0.2) is 4.98 Å². The largest absolute Gasteiger partial charge is 0.346 e. The highest BCUT2D eigenvalue weighted by molar-refractivity contribution is 5.26. The summed E-state index contributed by atoms with van der Waals surface area (Å²) in [5.74, 6) is 0.912. The van der Waals surface area contributed by atoms with E-state index in [1.54, 1.807) is 6.07 Å². The highest BCUT2D eigenvalue weighted by atomic mass is 16.1. The number of imidazole rings is 1. The monoisotopic (exact) mass is 287 g/mol. The Morgan fingerprint density at radius 2 is 1.76 bits per heavy atom. The van der Waals surface area contributed by atoms with E-state index in [1.807, 2.05) is 13.1 Å². The quantitative estimate of drug-likeness (QED) is 0.910. The van der Waals surface area contributed by atoms with Gasteiger partial charge in [0.1, 0.15) is 5.82 Å². The summed E-state index contributed by atoms with van der Waals surface area (Å²) in [6.45, 7) is 12.6. The van der Waals surface area contributed by atoms with Crippen molar-refractivity contribution in [2.24, 2.45) is 0 Å². The lowest BCUT2D eigenvalue weighted by Gasteiger charge is -2.25. The third-order valence-electron chi connectivity index (χ3n) is 3.83. The lowest BCUT2D eigenvalue weighted by atomic mass is 9.82. The number of pyridine rings is 1. The van der Waals surface area contributed by atoms with Crippen molar-refractivity contribution >= 4 is 0 Å². The van der Waals surface area contributed by atoms with Crippen molar-refractivity contribution in [1.29, 1.82) is 0 Å². The zero-order chi connectivity index (χ0) is 15.8. The van der Waals surface area contributed by atoms with Crippen LogP contribution in [0.4, 0.5) is 0 Å². The molecule has 2 rings (SSSR count). The predicted octanol–water partition coefficient (Wildman–Crippen LogP) is 3.22. The Bertz CT molecular complexity index is 687. The second-order valence-corrected chi connectivity index (χ2v) is 7.45. The standard InChI is InChI=1S/C17H25N3O/c1-11-18-10-14(19-11)17(5,6)9-13-7-12(16(2,3)4)8-15(21)20-13/h7-8,10H,9H2,1-6H3,(H,18,19)(H,20,21). The topological polar surface area (TPSA) is 61.5 Å². The van der Waals surface area contributed by atoms with Crippen molar-refractivity contribution in [1.82, 2.24) is 15.0 Å². The summed E-state index contributed by atoms with van der Waals surface area (Å²) in [7, 11) is 0. The molecule has 0 saturated heterocycles. The number of nitrogens with one attached hydrogen (secondary N) is 2. The summed E-state index contributed by atoms with van der Waals surface area (Å²) in [6.07, 6.45) is 2.63. The highest BCUT2D eigenvalue weighted by Gasteiger charge is 2.25. The number of nitrogens with zero attached hydrogens (tertiary/aromatic N) is 1. The Morgan fingerprint density at radius 1 is 1.10 bits per heavy atom. The van der Waals surface area contributed by atoms with Crippen LogP contribution in [0.25, 0.3) is 0 Å². The molecule has 0 fully saturated rings. The molecule has 0 amide bonds. The first-order valence-corrected chi connectivity index (χ1v) is 7.34. The Balaban J connectivity index is 2.35. The lowest BCUT2D eigenvalue weighted by Crippen LogP contribution is -2.25. The molecule has 2 aromatic heterocycles. The van der Waals surface area contributed by atoms with Gasteiger partial charge in [-0.2, -0.15) is 0 Å². The van der Waals surface area contributed by atoms with Gasteiger partial charge in [-0.15, -0.1) is 0 Å². The Morgan fingerprint density at radius 3 is 2.29 bits per heavy atom. The zero-order valence-corrected chi connectivity index (χ0v) is 13.8. The third-order valence-corrected chi connectivity index (χ3v) is 3.83. The molecule has 0 atom stereocenters. The molecule has 2 aromatic rings. The van der Waals surface area contributed by atoms with Gasteiger partial charge in [-0.05, 0) is 30.4 Å². The fourth-order valence-corrected chi connectivity index (χ4v) is 2.47. The van der Waals surface area contributed by atoms with Crippen molar-refractivity contribution in [2.75, 3.05) is 0 Å². The summed E-state index contributed by atoms with van der Waals surface area (Å²) >= 11 is 0. The fourth-order valence-electron chi connectivity index (χ4n) is 2.47. The van der Waals surface area contributed by atoms with Crippen LogP contribution in [-0.2, 0) is 17.3 Å². The van der Waals surface area contributed by atoms with Crippen molar-refractivity contribution in [2.45, 2.75) is 58.8 Å². The maximum Gasteiger partial charge on any atom is 0.248 e. The molecule has 0 aliphatic rings. The number of hydrogen-bond acceptors (Lipinski definition) is 2. The Kier molecular flexibility index (Phi) is 3.83. The zero-order valence-electron chi connectivity index (χ0n) is 13.8. The molecule has 0 spiro atoms. The number of rotatable bonds is 3. The van der Waals surface area contributed by atoms with Gasteiger partial charge in [-0.3, -0.25) is 4.79 Å². The normalized spacial score (nSPS) is 12.7. The molecule has 0 bridgehead atoms. The van der Waals surface area contributed by atoms with Crippen LogP contribution >= 0.6 is 0 Å². The number of aromatic nitrogens is 3. The minimum absolute atomic E-state index is 0.0300. The van der Waals surface area contributed by atoms with Crippen molar-refractivity contribution < 1.29 is 0 Å². The van der Waals surface area contributed by atoms with Crippen LogP contribution in [0.15, 0.2) is 23.1 Å². The molecule has 114 valence electrons. The fraction of sp³-hybridized carbons (Fsp3) is 0.529. The van der Waals surface area contributed by atoms with Crippen molar-refractivity contribution in [3.63, 3.8) is 0 Å². The minimum Gasteiger partial charge on any atom is -0.346 e. The summed E-state index contributed by atoms with van der Waals surface area (Å²) in [6, 6.07) is 3.79. The first kappa shape index (κ1) is 15.5. The van der Waals surface area contributed by atoms with E-state index in [0.29, 0.717) is 0 Å². The van der Waals surface area contributed by atoms with Crippen LogP contribution in [0.5, 0.6) is 0 Å². The van der Waals surface area contributed by atoms with Crippen LogP contribution in [0.3, 0.4) is 0 Å². The summed E-state index contributed by atoms with van der Waals surface area (Å²) in [5.41, 5.74) is 2.94.